The number of sulfone groups is 1. The number of benzene rings is 1. The highest BCUT2D eigenvalue weighted by molar-refractivity contribution is 7.92. The lowest BCUT2D eigenvalue weighted by molar-refractivity contribution is 0.253. The summed E-state index contributed by atoms with van der Waals surface area (Å²) in [5.41, 5.74) is 7.14. The molecule has 3 N–H and O–H groups in total. The van der Waals surface area contributed by atoms with Gasteiger partial charge in [0.2, 0.25) is 0 Å². The van der Waals surface area contributed by atoms with Gasteiger partial charge in [0.05, 0.1) is 17.4 Å². The van der Waals surface area contributed by atoms with Crippen molar-refractivity contribution < 1.29 is 13.5 Å². The smallest absolute Gasteiger partial charge is 0.155 e. The molecule has 1 aliphatic carbocycles. The lowest BCUT2D eigenvalue weighted by atomic mass is 10.0. The Labute approximate surface area is 114 Å². The summed E-state index contributed by atoms with van der Waals surface area (Å²) >= 11 is 0. The topological polar surface area (TPSA) is 80.4 Å². The standard InChI is InChI=1S/C14H21NO3S/c1-3-10-5-7-11(8-6-10)12-13(14(12,15)9-16)19(17,18)4-2/h5-8,12-13,16H,3-4,9,15H2,1-2H3/t12-,13-,14+/m1/s1. The zero-order valence-corrected chi connectivity index (χ0v) is 12.2. The van der Waals surface area contributed by atoms with E-state index < -0.39 is 20.6 Å². The van der Waals surface area contributed by atoms with E-state index in [1.165, 1.54) is 5.56 Å². The minimum absolute atomic E-state index is 0.0557. The molecule has 0 spiro atoms. The van der Waals surface area contributed by atoms with Gasteiger partial charge in [-0.15, -0.1) is 0 Å². The molecule has 0 amide bonds. The molecule has 0 heterocycles. The average molecular weight is 283 g/mol. The fourth-order valence-corrected chi connectivity index (χ4v) is 4.77. The summed E-state index contributed by atoms with van der Waals surface area (Å²) in [5, 5.41) is 8.77. The number of hydrogen-bond acceptors (Lipinski definition) is 4. The van der Waals surface area contributed by atoms with Gasteiger partial charge < -0.3 is 10.8 Å². The van der Waals surface area contributed by atoms with Gasteiger partial charge in [-0.25, -0.2) is 8.42 Å². The average Bonchev–Trinajstić information content (AvgIpc) is 3.07. The molecule has 2 rings (SSSR count). The molecule has 5 heteroatoms. The van der Waals surface area contributed by atoms with E-state index in [2.05, 4.69) is 6.92 Å². The molecule has 0 aromatic heterocycles. The van der Waals surface area contributed by atoms with Gasteiger partial charge >= 0.3 is 0 Å². The molecule has 4 nitrogen and oxygen atoms in total. The van der Waals surface area contributed by atoms with Crippen LogP contribution in [0.5, 0.6) is 0 Å². The van der Waals surface area contributed by atoms with Gasteiger partial charge in [0.25, 0.3) is 0 Å². The molecule has 0 saturated heterocycles. The second-order valence-electron chi connectivity index (χ2n) is 5.22. The predicted molar refractivity (Wildman–Crippen MR) is 75.8 cm³/mol. The van der Waals surface area contributed by atoms with Crippen molar-refractivity contribution >= 4 is 9.84 Å². The SMILES string of the molecule is CCc1ccc([C@@H]2[C@@H](S(=O)(=O)CC)[C@]2(N)CO)cc1. The van der Waals surface area contributed by atoms with Gasteiger partial charge in [0.1, 0.15) is 0 Å². The maximum atomic E-state index is 12.1. The van der Waals surface area contributed by atoms with Crippen molar-refractivity contribution in [2.24, 2.45) is 5.73 Å². The van der Waals surface area contributed by atoms with Gasteiger partial charge in [-0.1, -0.05) is 38.1 Å². The van der Waals surface area contributed by atoms with E-state index in [0.717, 1.165) is 12.0 Å². The summed E-state index contributed by atoms with van der Waals surface area (Å²) in [4.78, 5) is 0. The van der Waals surface area contributed by atoms with Crippen LogP contribution in [-0.4, -0.2) is 36.7 Å². The summed E-state index contributed by atoms with van der Waals surface area (Å²) in [5.74, 6) is -0.242. The van der Waals surface area contributed by atoms with Gasteiger partial charge in [0, 0.05) is 11.7 Å². The maximum absolute atomic E-state index is 12.1. The molecule has 106 valence electrons. The number of aryl methyl sites for hydroxylation is 1. The molecular weight excluding hydrogens is 262 g/mol. The molecule has 1 aromatic rings. The maximum Gasteiger partial charge on any atom is 0.155 e. The summed E-state index contributed by atoms with van der Waals surface area (Å²) in [6, 6.07) is 7.82. The van der Waals surface area contributed by atoms with E-state index in [0.29, 0.717) is 0 Å². The Balaban J connectivity index is 2.34. The minimum Gasteiger partial charge on any atom is -0.394 e. The third kappa shape index (κ3) is 2.30. The highest BCUT2D eigenvalue weighted by Crippen LogP contribution is 2.53. The summed E-state index contributed by atoms with van der Waals surface area (Å²) < 4.78 is 24.1. The Morgan fingerprint density at radius 1 is 1.26 bits per heavy atom. The van der Waals surface area contributed by atoms with Crippen LogP contribution in [-0.2, 0) is 16.3 Å². The Hall–Kier alpha value is -0.910. The highest BCUT2D eigenvalue weighted by atomic mass is 32.2. The Morgan fingerprint density at radius 3 is 2.26 bits per heavy atom. The van der Waals surface area contributed by atoms with Crippen LogP contribution in [0.25, 0.3) is 0 Å². The lowest BCUT2D eigenvalue weighted by Gasteiger charge is -2.07. The first-order chi connectivity index (χ1) is 8.90. The zero-order chi connectivity index (χ0) is 14.3. The van der Waals surface area contributed by atoms with E-state index >= 15 is 0 Å². The van der Waals surface area contributed by atoms with E-state index in [4.69, 9.17) is 5.73 Å². The van der Waals surface area contributed by atoms with Crippen LogP contribution >= 0.6 is 0 Å². The van der Waals surface area contributed by atoms with E-state index in [-0.39, 0.29) is 18.3 Å². The second-order valence-corrected chi connectivity index (χ2v) is 7.63. The summed E-state index contributed by atoms with van der Waals surface area (Å²) in [6.45, 7) is 3.37. The highest BCUT2D eigenvalue weighted by Gasteiger charge is 2.68. The molecule has 3 atom stereocenters. The van der Waals surface area contributed by atoms with Crippen LogP contribution in [0.1, 0.15) is 30.9 Å². The molecule has 0 radical (unpaired) electrons. The van der Waals surface area contributed by atoms with Crippen molar-refractivity contribution in [3.8, 4) is 0 Å². The van der Waals surface area contributed by atoms with Crippen molar-refractivity contribution in [2.45, 2.75) is 37.0 Å². The zero-order valence-electron chi connectivity index (χ0n) is 11.3. The first-order valence-corrected chi connectivity index (χ1v) is 8.32. The fourth-order valence-electron chi connectivity index (χ4n) is 2.78. The van der Waals surface area contributed by atoms with Crippen LogP contribution in [0.4, 0.5) is 0 Å². The summed E-state index contributed by atoms with van der Waals surface area (Å²) in [7, 11) is -3.24. The molecule has 0 aliphatic heterocycles. The van der Waals surface area contributed by atoms with Gasteiger partial charge in [-0.05, 0) is 17.5 Å². The van der Waals surface area contributed by atoms with E-state index in [1.807, 2.05) is 24.3 Å². The first kappa shape index (κ1) is 14.5. The quantitative estimate of drug-likeness (QED) is 0.839. The molecule has 0 unspecified atom stereocenters. The molecule has 1 saturated carbocycles. The van der Waals surface area contributed by atoms with E-state index in [1.54, 1.807) is 6.92 Å². The second kappa shape index (κ2) is 4.89. The predicted octanol–water partition coefficient (Wildman–Crippen LogP) is 0.839. The van der Waals surface area contributed by atoms with Crippen molar-refractivity contribution in [3.05, 3.63) is 35.4 Å². The van der Waals surface area contributed by atoms with Gasteiger partial charge in [-0.2, -0.15) is 0 Å². The lowest BCUT2D eigenvalue weighted by Crippen LogP contribution is -2.35. The normalized spacial score (nSPS) is 30.3. The monoisotopic (exact) mass is 283 g/mol. The van der Waals surface area contributed by atoms with Crippen molar-refractivity contribution in [2.75, 3.05) is 12.4 Å². The van der Waals surface area contributed by atoms with Crippen molar-refractivity contribution in [3.63, 3.8) is 0 Å². The third-order valence-electron chi connectivity index (χ3n) is 4.11. The van der Waals surface area contributed by atoms with Crippen molar-refractivity contribution in [1.29, 1.82) is 0 Å². The van der Waals surface area contributed by atoms with Gasteiger partial charge in [-0.3, -0.25) is 0 Å². The molecule has 1 aromatic carbocycles. The molecule has 1 aliphatic rings. The fraction of sp³-hybridized carbons (Fsp3) is 0.571. The Bertz CT molecular complexity index is 553. The first-order valence-electron chi connectivity index (χ1n) is 6.60. The molecule has 1 fully saturated rings. The Morgan fingerprint density at radius 2 is 1.84 bits per heavy atom. The number of aliphatic hydroxyl groups excluding tert-OH is 1. The number of hydrogen-bond donors (Lipinski definition) is 2. The number of nitrogens with two attached hydrogens (primary N) is 1. The van der Waals surface area contributed by atoms with E-state index in [9.17, 15) is 13.5 Å². The number of aliphatic hydroxyl groups is 1. The molecule has 0 bridgehead atoms. The summed E-state index contributed by atoms with van der Waals surface area (Å²) in [6.07, 6.45) is 0.940. The Kier molecular flexibility index (Phi) is 3.73. The van der Waals surface area contributed by atoms with Crippen LogP contribution in [0.3, 0.4) is 0 Å². The molecular formula is C14H21NO3S. The minimum atomic E-state index is -3.24. The van der Waals surface area contributed by atoms with Crippen molar-refractivity contribution in [1.82, 2.24) is 0 Å². The van der Waals surface area contributed by atoms with Crippen LogP contribution in [0, 0.1) is 0 Å². The third-order valence-corrected chi connectivity index (χ3v) is 6.40. The number of rotatable bonds is 5. The largest absolute Gasteiger partial charge is 0.394 e. The van der Waals surface area contributed by atoms with Gasteiger partial charge in [0.15, 0.2) is 9.84 Å². The van der Waals surface area contributed by atoms with Crippen LogP contribution in [0.15, 0.2) is 24.3 Å². The van der Waals surface area contributed by atoms with Crippen LogP contribution < -0.4 is 5.73 Å². The molecule has 19 heavy (non-hydrogen) atoms. The van der Waals surface area contributed by atoms with Crippen LogP contribution in [0.2, 0.25) is 0 Å².